The van der Waals surface area contributed by atoms with Crippen LogP contribution < -0.4 is 4.74 Å². The topological polar surface area (TPSA) is 26.3 Å². The number of hydrogen-bond donors (Lipinski definition) is 0. The highest BCUT2D eigenvalue weighted by atomic mass is 16.5. The number of allylic oxidation sites excluding steroid dienone is 1. The van der Waals surface area contributed by atoms with Gasteiger partial charge in [-0.25, -0.2) is 0 Å². The smallest absolute Gasteiger partial charge is 0.316 e. The van der Waals surface area contributed by atoms with Crippen LogP contribution in [0.15, 0.2) is 78.9 Å². The van der Waals surface area contributed by atoms with E-state index in [0.29, 0.717) is 5.75 Å². The average molecular weight is 399 g/mol. The van der Waals surface area contributed by atoms with Crippen LogP contribution in [0.3, 0.4) is 0 Å². The molecular weight excluding hydrogens is 368 g/mol. The molecule has 2 nitrogen and oxygen atoms in total. The molecule has 0 bridgehead atoms. The number of ether oxygens (including phenoxy) is 1. The Labute approximate surface area is 180 Å². The summed E-state index contributed by atoms with van der Waals surface area (Å²) in [6.45, 7) is 9.86. The zero-order valence-corrected chi connectivity index (χ0v) is 18.5. The molecule has 2 heteroatoms. The summed E-state index contributed by atoms with van der Waals surface area (Å²) in [5.41, 5.74) is 6.71. The molecule has 3 aromatic rings. The van der Waals surface area contributed by atoms with Crippen LogP contribution in [-0.4, -0.2) is 5.97 Å². The van der Waals surface area contributed by atoms with Gasteiger partial charge in [-0.3, -0.25) is 4.79 Å². The maximum Gasteiger partial charge on any atom is 0.316 e. The van der Waals surface area contributed by atoms with E-state index in [1.807, 2.05) is 51.1 Å². The first-order valence-corrected chi connectivity index (χ1v) is 10.5. The van der Waals surface area contributed by atoms with Crippen molar-refractivity contribution >= 4 is 17.1 Å². The molecule has 0 saturated carbocycles. The molecule has 0 amide bonds. The second-order valence-corrected chi connectivity index (χ2v) is 8.60. The van der Waals surface area contributed by atoms with Crippen molar-refractivity contribution in [3.8, 4) is 5.75 Å². The zero-order chi connectivity index (χ0) is 21.7. The molecule has 0 fully saturated rings. The monoisotopic (exact) mass is 398 g/mol. The number of rotatable bonds is 5. The van der Waals surface area contributed by atoms with Gasteiger partial charge in [-0.05, 0) is 74.1 Å². The molecule has 0 saturated heterocycles. The minimum atomic E-state index is -0.533. The summed E-state index contributed by atoms with van der Waals surface area (Å²) in [7, 11) is 0. The number of aryl methyl sites for hydroxylation is 1. The van der Waals surface area contributed by atoms with Crippen molar-refractivity contribution in [1.82, 2.24) is 0 Å². The van der Waals surface area contributed by atoms with Crippen molar-refractivity contribution in [1.29, 1.82) is 0 Å². The van der Waals surface area contributed by atoms with Crippen LogP contribution >= 0.6 is 0 Å². The van der Waals surface area contributed by atoms with Crippen LogP contribution in [0.25, 0.3) is 11.1 Å². The summed E-state index contributed by atoms with van der Waals surface area (Å²) >= 11 is 0. The molecule has 0 aliphatic rings. The van der Waals surface area contributed by atoms with E-state index in [9.17, 15) is 4.79 Å². The lowest BCUT2D eigenvalue weighted by atomic mass is 9.88. The quantitative estimate of drug-likeness (QED) is 0.256. The predicted molar refractivity (Wildman–Crippen MR) is 125 cm³/mol. The Kier molecular flexibility index (Phi) is 6.56. The van der Waals surface area contributed by atoms with Gasteiger partial charge < -0.3 is 4.74 Å². The molecule has 0 heterocycles. The first-order valence-electron chi connectivity index (χ1n) is 10.5. The minimum Gasteiger partial charge on any atom is -0.426 e. The largest absolute Gasteiger partial charge is 0.426 e. The van der Waals surface area contributed by atoms with Gasteiger partial charge in [0.2, 0.25) is 0 Å². The second kappa shape index (κ2) is 9.13. The highest BCUT2D eigenvalue weighted by molar-refractivity contribution is 5.98. The highest BCUT2D eigenvalue weighted by Crippen LogP contribution is 2.35. The van der Waals surface area contributed by atoms with Gasteiger partial charge in [0.1, 0.15) is 5.75 Å². The summed E-state index contributed by atoms with van der Waals surface area (Å²) in [4.78, 5) is 12.2. The fraction of sp³-hybridized carbons (Fsp3) is 0.250. The first-order chi connectivity index (χ1) is 14.3. The van der Waals surface area contributed by atoms with Crippen LogP contribution in [0.4, 0.5) is 0 Å². The predicted octanol–water partition coefficient (Wildman–Crippen LogP) is 7.32. The lowest BCUT2D eigenvalue weighted by molar-refractivity contribution is -0.142. The van der Waals surface area contributed by atoms with Gasteiger partial charge in [-0.1, -0.05) is 79.2 Å². The van der Waals surface area contributed by atoms with Crippen molar-refractivity contribution in [3.05, 3.63) is 101 Å². The summed E-state index contributed by atoms with van der Waals surface area (Å²) in [6.07, 6.45) is 0.911. The standard InChI is InChI=1S/C28H30O2/c1-6-25(21-10-8-7-9-11-21)26(22-14-12-20(2)13-15-22)23-16-18-24(19-17-23)30-27(29)28(3,4)5/h7-19H,6H2,1-5H3/b26-25+. The van der Waals surface area contributed by atoms with Crippen LogP contribution in [0.5, 0.6) is 5.75 Å². The lowest BCUT2D eigenvalue weighted by Gasteiger charge is -2.18. The van der Waals surface area contributed by atoms with Crippen LogP contribution in [0, 0.1) is 12.3 Å². The SMILES string of the molecule is CC/C(=C(/c1ccc(C)cc1)c1ccc(OC(=O)C(C)(C)C)cc1)c1ccccc1. The van der Waals surface area contributed by atoms with Gasteiger partial charge in [-0.15, -0.1) is 0 Å². The molecule has 0 radical (unpaired) electrons. The summed E-state index contributed by atoms with van der Waals surface area (Å²) in [5, 5.41) is 0. The lowest BCUT2D eigenvalue weighted by Crippen LogP contribution is -2.25. The van der Waals surface area contributed by atoms with Crippen molar-refractivity contribution < 1.29 is 9.53 Å². The van der Waals surface area contributed by atoms with E-state index in [2.05, 4.69) is 62.4 Å². The van der Waals surface area contributed by atoms with Crippen molar-refractivity contribution in [3.63, 3.8) is 0 Å². The third-order valence-electron chi connectivity index (χ3n) is 5.08. The summed E-state index contributed by atoms with van der Waals surface area (Å²) < 4.78 is 5.55. The van der Waals surface area contributed by atoms with E-state index >= 15 is 0 Å². The van der Waals surface area contributed by atoms with Crippen molar-refractivity contribution in [2.24, 2.45) is 5.41 Å². The molecule has 0 N–H and O–H groups in total. The molecule has 0 aromatic heterocycles. The van der Waals surface area contributed by atoms with Gasteiger partial charge in [-0.2, -0.15) is 0 Å². The fourth-order valence-corrected chi connectivity index (χ4v) is 3.35. The van der Waals surface area contributed by atoms with Gasteiger partial charge >= 0.3 is 5.97 Å². The molecule has 0 unspecified atom stereocenters. The molecule has 3 rings (SSSR count). The maximum absolute atomic E-state index is 12.2. The average Bonchev–Trinajstić information content (AvgIpc) is 2.73. The van der Waals surface area contributed by atoms with Gasteiger partial charge in [0.15, 0.2) is 0 Å². The number of carbonyl (C=O) groups is 1. The maximum atomic E-state index is 12.2. The molecule has 3 aromatic carbocycles. The Morgan fingerprint density at radius 1 is 0.767 bits per heavy atom. The normalized spacial score (nSPS) is 12.3. The Morgan fingerprint density at radius 3 is 1.80 bits per heavy atom. The second-order valence-electron chi connectivity index (χ2n) is 8.60. The van der Waals surface area contributed by atoms with Crippen molar-refractivity contribution in [2.75, 3.05) is 0 Å². The van der Waals surface area contributed by atoms with Gasteiger partial charge in [0.05, 0.1) is 5.41 Å². The van der Waals surface area contributed by atoms with Gasteiger partial charge in [0.25, 0.3) is 0 Å². The number of carbonyl (C=O) groups excluding carboxylic acids is 1. The molecule has 154 valence electrons. The number of benzene rings is 3. The van der Waals surface area contributed by atoms with E-state index in [1.54, 1.807) is 0 Å². The Bertz CT molecular complexity index is 1020. The van der Waals surface area contributed by atoms with Crippen LogP contribution in [0.1, 0.15) is 56.4 Å². The van der Waals surface area contributed by atoms with E-state index in [1.165, 1.54) is 27.8 Å². The zero-order valence-electron chi connectivity index (χ0n) is 18.5. The Hall–Kier alpha value is -3.13. The third-order valence-corrected chi connectivity index (χ3v) is 5.08. The highest BCUT2D eigenvalue weighted by Gasteiger charge is 2.23. The molecule has 0 atom stereocenters. The van der Waals surface area contributed by atoms with E-state index in [0.717, 1.165) is 12.0 Å². The minimum absolute atomic E-state index is 0.233. The first kappa shape index (κ1) is 21.6. The van der Waals surface area contributed by atoms with E-state index in [-0.39, 0.29) is 5.97 Å². The van der Waals surface area contributed by atoms with Crippen LogP contribution in [0.2, 0.25) is 0 Å². The summed E-state index contributed by atoms with van der Waals surface area (Å²) in [6, 6.07) is 27.0. The van der Waals surface area contributed by atoms with Crippen LogP contribution in [-0.2, 0) is 4.79 Å². The molecule has 30 heavy (non-hydrogen) atoms. The molecule has 0 aliphatic carbocycles. The van der Waals surface area contributed by atoms with Crippen molar-refractivity contribution in [2.45, 2.75) is 41.0 Å². The Morgan fingerprint density at radius 2 is 1.30 bits per heavy atom. The third kappa shape index (κ3) is 5.07. The molecule has 0 spiro atoms. The van der Waals surface area contributed by atoms with E-state index in [4.69, 9.17) is 4.74 Å². The number of esters is 1. The van der Waals surface area contributed by atoms with E-state index < -0.39 is 5.41 Å². The van der Waals surface area contributed by atoms with Gasteiger partial charge in [0, 0.05) is 0 Å². The Balaban J connectivity index is 2.08. The molecular formula is C28H30O2. The number of hydrogen-bond acceptors (Lipinski definition) is 2. The fourth-order valence-electron chi connectivity index (χ4n) is 3.35. The summed E-state index contributed by atoms with van der Waals surface area (Å²) in [5.74, 6) is 0.336. The molecule has 0 aliphatic heterocycles.